The quantitative estimate of drug-likeness (QED) is 0.831. The fraction of sp³-hybridized carbons (Fsp3) is 0.952. The molecule has 25 heavy (non-hydrogen) atoms. The number of hydrogen-bond donors (Lipinski definition) is 1. The third-order valence-corrected chi connectivity index (χ3v) is 8.10. The van der Waals surface area contributed by atoms with Crippen molar-refractivity contribution in [2.24, 2.45) is 23.7 Å². The number of carbonyl (C=O) groups is 1. The first kappa shape index (κ1) is 16.6. The van der Waals surface area contributed by atoms with Crippen LogP contribution < -0.4 is 5.32 Å². The highest BCUT2D eigenvalue weighted by Gasteiger charge is 2.49. The molecule has 1 atom stereocenters. The van der Waals surface area contributed by atoms with Gasteiger partial charge in [-0.3, -0.25) is 9.69 Å². The van der Waals surface area contributed by atoms with Crippen molar-refractivity contribution in [1.82, 2.24) is 15.1 Å². The smallest absolute Gasteiger partial charge is 0.237 e. The van der Waals surface area contributed by atoms with Gasteiger partial charge in [0.2, 0.25) is 5.91 Å². The van der Waals surface area contributed by atoms with Crippen molar-refractivity contribution in [1.29, 1.82) is 0 Å². The molecule has 0 aromatic rings. The lowest BCUT2D eigenvalue weighted by Crippen LogP contribution is -2.58. The van der Waals surface area contributed by atoms with Gasteiger partial charge < -0.3 is 10.2 Å². The van der Waals surface area contributed by atoms with Crippen molar-refractivity contribution in [2.45, 2.75) is 69.9 Å². The van der Waals surface area contributed by atoms with Crippen LogP contribution in [0.2, 0.25) is 0 Å². The van der Waals surface area contributed by atoms with E-state index in [0.29, 0.717) is 11.9 Å². The molecular weight excluding hydrogens is 310 g/mol. The molecule has 1 N–H and O–H groups in total. The van der Waals surface area contributed by atoms with Gasteiger partial charge in [-0.25, -0.2) is 0 Å². The molecule has 0 aromatic carbocycles. The predicted molar refractivity (Wildman–Crippen MR) is 99.2 cm³/mol. The van der Waals surface area contributed by atoms with E-state index >= 15 is 0 Å². The first-order chi connectivity index (χ1) is 12.3. The standard InChI is InChI=1S/C21H35N3O/c25-21(19-4-3-7-24(19)9-8-23-5-1-2-6-23)22-20-17-11-15-10-16(13-17)14-18(20)12-15/h15-20H,1-14H2,(H,22,25). The van der Waals surface area contributed by atoms with E-state index in [1.807, 2.05) is 0 Å². The van der Waals surface area contributed by atoms with Crippen LogP contribution in [0.1, 0.15) is 57.8 Å². The highest BCUT2D eigenvalue weighted by atomic mass is 16.2. The Balaban J connectivity index is 1.17. The van der Waals surface area contributed by atoms with Crippen molar-refractivity contribution >= 4 is 5.91 Å². The third kappa shape index (κ3) is 3.25. The second-order valence-corrected chi connectivity index (χ2v) is 9.71. The molecule has 0 aromatic heterocycles. The maximum atomic E-state index is 13.1. The maximum absolute atomic E-state index is 13.1. The number of carbonyl (C=O) groups excluding carboxylic acids is 1. The molecule has 4 saturated carbocycles. The lowest BCUT2D eigenvalue weighted by atomic mass is 9.54. The van der Waals surface area contributed by atoms with Crippen LogP contribution in [0, 0.1) is 23.7 Å². The van der Waals surface area contributed by atoms with Gasteiger partial charge in [0.15, 0.2) is 0 Å². The first-order valence-electron chi connectivity index (χ1n) is 11.0. The van der Waals surface area contributed by atoms with Gasteiger partial charge in [-0.15, -0.1) is 0 Å². The Kier molecular flexibility index (Phi) is 4.53. The minimum Gasteiger partial charge on any atom is -0.351 e. The van der Waals surface area contributed by atoms with Gasteiger partial charge in [0.25, 0.3) is 0 Å². The van der Waals surface area contributed by atoms with Gasteiger partial charge in [-0.2, -0.15) is 0 Å². The molecule has 4 nitrogen and oxygen atoms in total. The lowest BCUT2D eigenvalue weighted by molar-refractivity contribution is -0.129. The molecule has 2 saturated heterocycles. The molecule has 6 fully saturated rings. The SMILES string of the molecule is O=C(NC1C2CC3CC(C2)CC1C3)C1CCCN1CCN1CCCC1. The topological polar surface area (TPSA) is 35.6 Å². The van der Waals surface area contributed by atoms with E-state index in [1.165, 1.54) is 64.5 Å². The number of nitrogens with one attached hydrogen (secondary N) is 1. The van der Waals surface area contributed by atoms with E-state index in [-0.39, 0.29) is 6.04 Å². The number of likely N-dealkylation sites (tertiary alicyclic amines) is 2. The summed E-state index contributed by atoms with van der Waals surface area (Å²) in [6, 6.07) is 0.654. The maximum Gasteiger partial charge on any atom is 0.237 e. The molecule has 6 aliphatic rings. The fourth-order valence-corrected chi connectivity index (χ4v) is 7.09. The Morgan fingerprint density at radius 2 is 1.52 bits per heavy atom. The zero-order valence-electron chi connectivity index (χ0n) is 15.7. The van der Waals surface area contributed by atoms with E-state index in [9.17, 15) is 4.79 Å². The zero-order chi connectivity index (χ0) is 16.8. The molecule has 140 valence electrons. The second-order valence-electron chi connectivity index (χ2n) is 9.71. The highest BCUT2D eigenvalue weighted by Crippen LogP contribution is 2.53. The number of nitrogens with zero attached hydrogens (tertiary/aromatic N) is 2. The number of amides is 1. The van der Waals surface area contributed by atoms with Gasteiger partial charge in [-0.1, -0.05) is 0 Å². The van der Waals surface area contributed by atoms with E-state index in [0.717, 1.165) is 49.7 Å². The van der Waals surface area contributed by atoms with Crippen LogP contribution in [0.5, 0.6) is 0 Å². The van der Waals surface area contributed by atoms with Crippen LogP contribution >= 0.6 is 0 Å². The van der Waals surface area contributed by atoms with Gasteiger partial charge in [0.05, 0.1) is 6.04 Å². The van der Waals surface area contributed by atoms with Crippen LogP contribution in [0.4, 0.5) is 0 Å². The average molecular weight is 346 g/mol. The van der Waals surface area contributed by atoms with Crippen molar-refractivity contribution in [3.63, 3.8) is 0 Å². The van der Waals surface area contributed by atoms with Gasteiger partial charge in [0, 0.05) is 19.1 Å². The zero-order valence-corrected chi connectivity index (χ0v) is 15.7. The van der Waals surface area contributed by atoms with Crippen molar-refractivity contribution < 1.29 is 4.79 Å². The van der Waals surface area contributed by atoms with Crippen molar-refractivity contribution in [3.05, 3.63) is 0 Å². The molecule has 4 aliphatic carbocycles. The van der Waals surface area contributed by atoms with Crippen LogP contribution in [0.3, 0.4) is 0 Å². The van der Waals surface area contributed by atoms with E-state index in [1.54, 1.807) is 0 Å². The van der Waals surface area contributed by atoms with E-state index in [4.69, 9.17) is 0 Å². The molecule has 0 spiro atoms. The molecule has 6 rings (SSSR count). The Morgan fingerprint density at radius 1 is 0.840 bits per heavy atom. The molecular formula is C21H35N3O. The largest absolute Gasteiger partial charge is 0.351 e. The summed E-state index contributed by atoms with van der Waals surface area (Å²) in [6.45, 7) is 5.88. The Morgan fingerprint density at radius 3 is 2.20 bits per heavy atom. The molecule has 1 unspecified atom stereocenters. The Labute approximate surface area is 152 Å². The molecule has 0 radical (unpaired) electrons. The summed E-state index contributed by atoms with van der Waals surface area (Å²) < 4.78 is 0. The normalized spacial score (nSPS) is 43.8. The number of rotatable bonds is 5. The summed E-state index contributed by atoms with van der Waals surface area (Å²) in [5.41, 5.74) is 0. The molecule has 1 amide bonds. The summed E-state index contributed by atoms with van der Waals surface area (Å²) in [6.07, 6.45) is 12.0. The summed E-state index contributed by atoms with van der Waals surface area (Å²) in [4.78, 5) is 18.1. The fourth-order valence-electron chi connectivity index (χ4n) is 7.09. The van der Waals surface area contributed by atoms with Crippen molar-refractivity contribution in [3.8, 4) is 0 Å². The van der Waals surface area contributed by atoms with Crippen LogP contribution in [-0.4, -0.2) is 60.5 Å². The van der Waals surface area contributed by atoms with Crippen LogP contribution in [0.15, 0.2) is 0 Å². The summed E-state index contributed by atoms with van der Waals surface area (Å²) in [5.74, 6) is 3.91. The van der Waals surface area contributed by atoms with E-state index < -0.39 is 0 Å². The third-order valence-electron chi connectivity index (χ3n) is 8.10. The summed E-state index contributed by atoms with van der Waals surface area (Å²) >= 11 is 0. The predicted octanol–water partition coefficient (Wildman–Crippen LogP) is 2.49. The van der Waals surface area contributed by atoms with Crippen molar-refractivity contribution in [2.75, 3.05) is 32.7 Å². The minimum absolute atomic E-state index is 0.153. The Bertz CT molecular complexity index is 473. The molecule has 2 heterocycles. The molecule has 2 aliphatic heterocycles. The lowest BCUT2D eigenvalue weighted by Gasteiger charge is -2.54. The van der Waals surface area contributed by atoms with Crippen LogP contribution in [-0.2, 0) is 4.79 Å². The van der Waals surface area contributed by atoms with E-state index in [2.05, 4.69) is 15.1 Å². The number of hydrogen-bond acceptors (Lipinski definition) is 3. The molecule has 4 heteroatoms. The summed E-state index contributed by atoms with van der Waals surface area (Å²) in [5, 5.41) is 3.57. The highest BCUT2D eigenvalue weighted by molar-refractivity contribution is 5.82. The first-order valence-corrected chi connectivity index (χ1v) is 11.0. The van der Waals surface area contributed by atoms with Gasteiger partial charge >= 0.3 is 0 Å². The monoisotopic (exact) mass is 345 g/mol. The van der Waals surface area contributed by atoms with Gasteiger partial charge in [0.1, 0.15) is 0 Å². The van der Waals surface area contributed by atoms with Crippen LogP contribution in [0.25, 0.3) is 0 Å². The minimum atomic E-state index is 0.153. The Hall–Kier alpha value is -0.610. The summed E-state index contributed by atoms with van der Waals surface area (Å²) in [7, 11) is 0. The second kappa shape index (κ2) is 6.84. The molecule has 4 bridgehead atoms. The van der Waals surface area contributed by atoms with Gasteiger partial charge in [-0.05, 0) is 101 Å². The average Bonchev–Trinajstić information content (AvgIpc) is 3.26.